The van der Waals surface area contributed by atoms with E-state index in [1.807, 2.05) is 7.05 Å². The molecule has 1 saturated heterocycles. The van der Waals surface area contributed by atoms with Gasteiger partial charge in [-0.25, -0.2) is 0 Å². The number of hydrogen-bond acceptors (Lipinski definition) is 3. The Kier molecular flexibility index (Phi) is 9.48. The van der Waals surface area contributed by atoms with Crippen LogP contribution in [0.5, 0.6) is 0 Å². The second kappa shape index (κ2) is 10.8. The molecule has 0 aromatic carbocycles. The largest absolute Gasteiger partial charge is 0.356 e. The lowest BCUT2D eigenvalue weighted by Crippen LogP contribution is -2.47. The first-order valence-corrected chi connectivity index (χ1v) is 8.94. The number of guanidine groups is 1. The Bertz CT molecular complexity index is 306. The highest BCUT2D eigenvalue weighted by molar-refractivity contribution is 5.79. The molecule has 22 heavy (non-hydrogen) atoms. The van der Waals surface area contributed by atoms with Gasteiger partial charge in [0.05, 0.1) is 0 Å². The van der Waals surface area contributed by atoms with Crippen molar-refractivity contribution in [3.05, 3.63) is 0 Å². The lowest BCUT2D eigenvalue weighted by Gasteiger charge is -2.34. The molecule has 1 atom stereocenters. The normalized spacial score (nSPS) is 19.5. The zero-order valence-corrected chi connectivity index (χ0v) is 15.4. The molecule has 1 fully saturated rings. The standard InChI is InChI=1S/C17H37N5/c1-6-16(7-2)13-20-17(18-4)19-12-15(3)14-22-10-8-21(5)9-11-22/h15-16H,6-14H2,1-5H3,(H2,18,19,20). The van der Waals surface area contributed by atoms with Crippen molar-refractivity contribution in [2.75, 3.05) is 59.9 Å². The summed E-state index contributed by atoms with van der Waals surface area (Å²) < 4.78 is 0. The van der Waals surface area contributed by atoms with Crippen molar-refractivity contribution in [3.63, 3.8) is 0 Å². The Morgan fingerprint density at radius 3 is 2.18 bits per heavy atom. The highest BCUT2D eigenvalue weighted by atomic mass is 15.2. The van der Waals surface area contributed by atoms with Gasteiger partial charge in [-0.2, -0.15) is 0 Å². The summed E-state index contributed by atoms with van der Waals surface area (Å²) in [6.45, 7) is 14.8. The summed E-state index contributed by atoms with van der Waals surface area (Å²) in [5.41, 5.74) is 0. The molecule has 0 aromatic rings. The van der Waals surface area contributed by atoms with Gasteiger partial charge in [0, 0.05) is 52.9 Å². The van der Waals surface area contributed by atoms with Gasteiger partial charge in [-0.05, 0) is 18.9 Å². The van der Waals surface area contributed by atoms with Crippen molar-refractivity contribution in [3.8, 4) is 0 Å². The Hall–Kier alpha value is -0.810. The van der Waals surface area contributed by atoms with Crippen molar-refractivity contribution < 1.29 is 0 Å². The average Bonchev–Trinajstić information content (AvgIpc) is 2.53. The van der Waals surface area contributed by atoms with E-state index in [4.69, 9.17) is 0 Å². The topological polar surface area (TPSA) is 42.9 Å². The van der Waals surface area contributed by atoms with Crippen LogP contribution in [0.15, 0.2) is 4.99 Å². The predicted molar refractivity (Wildman–Crippen MR) is 96.5 cm³/mol. The number of hydrogen-bond donors (Lipinski definition) is 2. The van der Waals surface area contributed by atoms with Crippen LogP contribution in [0.25, 0.3) is 0 Å². The van der Waals surface area contributed by atoms with Crippen LogP contribution in [-0.2, 0) is 0 Å². The van der Waals surface area contributed by atoms with Gasteiger partial charge in [0.15, 0.2) is 5.96 Å². The van der Waals surface area contributed by atoms with E-state index in [-0.39, 0.29) is 0 Å². The van der Waals surface area contributed by atoms with Gasteiger partial charge < -0.3 is 20.4 Å². The molecule has 1 heterocycles. The second-order valence-corrected chi connectivity index (χ2v) is 6.73. The number of nitrogens with zero attached hydrogens (tertiary/aromatic N) is 3. The summed E-state index contributed by atoms with van der Waals surface area (Å²) in [5, 5.41) is 6.93. The third kappa shape index (κ3) is 7.45. The summed E-state index contributed by atoms with van der Waals surface area (Å²) >= 11 is 0. The number of piperazine rings is 1. The van der Waals surface area contributed by atoms with E-state index in [0.29, 0.717) is 5.92 Å². The lowest BCUT2D eigenvalue weighted by molar-refractivity contribution is 0.139. The molecule has 1 aliphatic rings. The maximum Gasteiger partial charge on any atom is 0.190 e. The highest BCUT2D eigenvalue weighted by Crippen LogP contribution is 2.05. The van der Waals surface area contributed by atoms with Crippen LogP contribution in [0.2, 0.25) is 0 Å². The molecule has 2 N–H and O–H groups in total. The fourth-order valence-corrected chi connectivity index (χ4v) is 2.85. The van der Waals surface area contributed by atoms with Gasteiger partial charge in [-0.3, -0.25) is 4.99 Å². The van der Waals surface area contributed by atoms with Crippen LogP contribution in [0.1, 0.15) is 33.6 Å². The van der Waals surface area contributed by atoms with Gasteiger partial charge in [0.1, 0.15) is 0 Å². The van der Waals surface area contributed by atoms with Crippen molar-refractivity contribution in [1.29, 1.82) is 0 Å². The minimum absolute atomic E-state index is 0.634. The average molecular weight is 312 g/mol. The summed E-state index contributed by atoms with van der Waals surface area (Å²) in [4.78, 5) is 9.31. The lowest BCUT2D eigenvalue weighted by atomic mass is 10.0. The van der Waals surface area contributed by atoms with Gasteiger partial charge in [0.2, 0.25) is 0 Å². The quantitative estimate of drug-likeness (QED) is 0.526. The van der Waals surface area contributed by atoms with Gasteiger partial charge in [-0.1, -0.05) is 33.6 Å². The van der Waals surface area contributed by atoms with E-state index >= 15 is 0 Å². The fourth-order valence-electron chi connectivity index (χ4n) is 2.85. The highest BCUT2D eigenvalue weighted by Gasteiger charge is 2.16. The molecule has 1 rings (SSSR count). The minimum atomic E-state index is 0.634. The molecule has 5 nitrogen and oxygen atoms in total. The smallest absolute Gasteiger partial charge is 0.190 e. The first-order chi connectivity index (χ1) is 10.6. The predicted octanol–water partition coefficient (Wildman–Crippen LogP) is 1.47. The third-order valence-electron chi connectivity index (χ3n) is 4.72. The molecule has 1 unspecified atom stereocenters. The van der Waals surface area contributed by atoms with E-state index in [1.54, 1.807) is 0 Å². The molecule has 0 bridgehead atoms. The van der Waals surface area contributed by atoms with Crippen LogP contribution in [-0.4, -0.2) is 75.7 Å². The Balaban J connectivity index is 2.21. The maximum atomic E-state index is 4.33. The number of rotatable bonds is 8. The molecule has 130 valence electrons. The van der Waals surface area contributed by atoms with E-state index in [2.05, 4.69) is 53.2 Å². The zero-order valence-electron chi connectivity index (χ0n) is 15.4. The third-order valence-corrected chi connectivity index (χ3v) is 4.72. The first-order valence-electron chi connectivity index (χ1n) is 8.94. The van der Waals surface area contributed by atoms with E-state index in [1.165, 1.54) is 45.6 Å². The number of likely N-dealkylation sites (N-methyl/N-ethyl adjacent to an activating group) is 1. The monoisotopic (exact) mass is 311 g/mol. The molecule has 0 saturated carbocycles. The van der Waals surface area contributed by atoms with Gasteiger partial charge in [0.25, 0.3) is 0 Å². The summed E-state index contributed by atoms with van der Waals surface area (Å²) in [7, 11) is 4.06. The van der Waals surface area contributed by atoms with E-state index in [0.717, 1.165) is 25.0 Å². The molecule has 0 aliphatic carbocycles. The second-order valence-electron chi connectivity index (χ2n) is 6.73. The first kappa shape index (κ1) is 19.2. The van der Waals surface area contributed by atoms with Crippen molar-refractivity contribution >= 4 is 5.96 Å². The van der Waals surface area contributed by atoms with Gasteiger partial charge >= 0.3 is 0 Å². The molecular formula is C17H37N5. The Morgan fingerprint density at radius 2 is 1.64 bits per heavy atom. The Labute approximate surface area is 137 Å². The molecule has 1 aliphatic heterocycles. The van der Waals surface area contributed by atoms with Crippen molar-refractivity contribution in [1.82, 2.24) is 20.4 Å². The van der Waals surface area contributed by atoms with Crippen molar-refractivity contribution in [2.45, 2.75) is 33.6 Å². The number of nitrogens with one attached hydrogen (secondary N) is 2. The SMILES string of the molecule is CCC(CC)CNC(=NC)NCC(C)CN1CCN(C)CC1. The summed E-state index contributed by atoms with van der Waals surface area (Å²) in [6, 6.07) is 0. The minimum Gasteiger partial charge on any atom is -0.356 e. The zero-order chi connectivity index (χ0) is 16.4. The molecule has 0 amide bonds. The van der Waals surface area contributed by atoms with Crippen LogP contribution in [0, 0.1) is 11.8 Å². The van der Waals surface area contributed by atoms with Crippen LogP contribution in [0.4, 0.5) is 0 Å². The molecule has 0 aromatic heterocycles. The summed E-state index contributed by atoms with van der Waals surface area (Å²) in [6.07, 6.45) is 2.45. The molecular weight excluding hydrogens is 274 g/mol. The number of aliphatic imine (C=N–C) groups is 1. The van der Waals surface area contributed by atoms with E-state index < -0.39 is 0 Å². The molecule has 0 radical (unpaired) electrons. The van der Waals surface area contributed by atoms with Crippen LogP contribution >= 0.6 is 0 Å². The van der Waals surface area contributed by atoms with Crippen LogP contribution in [0.3, 0.4) is 0 Å². The fraction of sp³-hybridized carbons (Fsp3) is 0.941. The molecule has 0 spiro atoms. The maximum absolute atomic E-state index is 4.33. The van der Waals surface area contributed by atoms with Gasteiger partial charge in [-0.15, -0.1) is 0 Å². The summed E-state index contributed by atoms with van der Waals surface area (Å²) in [5.74, 6) is 2.31. The van der Waals surface area contributed by atoms with Crippen molar-refractivity contribution in [2.24, 2.45) is 16.8 Å². The van der Waals surface area contributed by atoms with Crippen LogP contribution < -0.4 is 10.6 Å². The van der Waals surface area contributed by atoms with E-state index in [9.17, 15) is 0 Å². The molecule has 5 heteroatoms. The Morgan fingerprint density at radius 1 is 1.05 bits per heavy atom.